The van der Waals surface area contributed by atoms with Gasteiger partial charge in [-0.3, -0.25) is 15.3 Å². The Kier molecular flexibility index (Phi) is 4.90. The number of nitrogens with zero attached hydrogens (tertiary/aromatic N) is 4. The lowest BCUT2D eigenvalue weighted by Gasteiger charge is -2.17. The van der Waals surface area contributed by atoms with Crippen LogP contribution < -0.4 is 15.8 Å². The maximum absolute atomic E-state index is 12.6. The number of amides is 2. The van der Waals surface area contributed by atoms with Crippen molar-refractivity contribution in [2.24, 2.45) is 0 Å². The number of anilines is 2. The second kappa shape index (κ2) is 7.66. The monoisotopic (exact) mass is 398 g/mol. The summed E-state index contributed by atoms with van der Waals surface area (Å²) in [6.45, 7) is -2.19. The topological polar surface area (TPSA) is 106 Å². The summed E-state index contributed by atoms with van der Waals surface area (Å²) >= 11 is 0. The minimum atomic E-state index is -2.89. The van der Waals surface area contributed by atoms with E-state index in [2.05, 4.69) is 25.0 Å². The lowest BCUT2D eigenvalue weighted by atomic mass is 10.1. The molecule has 0 aliphatic carbocycles. The number of pyridine rings is 1. The van der Waals surface area contributed by atoms with Gasteiger partial charge in [-0.2, -0.15) is 8.78 Å². The molecule has 29 heavy (non-hydrogen) atoms. The third-order valence-electron chi connectivity index (χ3n) is 4.36. The number of carbonyl (C=O) groups is 1. The smallest absolute Gasteiger partial charge is 0.387 e. The van der Waals surface area contributed by atoms with Crippen LogP contribution in [0.25, 0.3) is 11.3 Å². The van der Waals surface area contributed by atoms with Gasteiger partial charge in [0.15, 0.2) is 5.82 Å². The van der Waals surface area contributed by atoms with Gasteiger partial charge in [0, 0.05) is 18.0 Å². The number of halogens is 2. The summed E-state index contributed by atoms with van der Waals surface area (Å²) in [5.41, 5.74) is 8.94. The number of carbonyl (C=O) groups excluding carboxylic acids is 1. The molecule has 2 aromatic heterocycles. The third-order valence-corrected chi connectivity index (χ3v) is 4.36. The fourth-order valence-corrected chi connectivity index (χ4v) is 2.94. The zero-order valence-corrected chi connectivity index (χ0v) is 15.0. The molecule has 0 saturated heterocycles. The quantitative estimate of drug-likeness (QED) is 0.699. The highest BCUT2D eigenvalue weighted by atomic mass is 19.3. The summed E-state index contributed by atoms with van der Waals surface area (Å²) in [5.74, 6) is 0.251. The van der Waals surface area contributed by atoms with E-state index in [9.17, 15) is 13.6 Å². The van der Waals surface area contributed by atoms with Gasteiger partial charge in [0.25, 0.3) is 0 Å². The predicted octanol–water partition coefficient (Wildman–Crippen LogP) is 3.27. The van der Waals surface area contributed by atoms with E-state index in [1.54, 1.807) is 41.6 Å². The molecule has 0 radical (unpaired) electrons. The number of alkyl halides is 2. The van der Waals surface area contributed by atoms with Gasteiger partial charge in [0.2, 0.25) is 0 Å². The summed E-state index contributed by atoms with van der Waals surface area (Å²) in [7, 11) is 0. The Labute approximate surface area is 164 Å². The molecule has 10 heteroatoms. The van der Waals surface area contributed by atoms with Crippen LogP contribution in [0, 0.1) is 0 Å². The number of aromatic nitrogens is 3. The zero-order chi connectivity index (χ0) is 20.4. The van der Waals surface area contributed by atoms with Gasteiger partial charge in [-0.05, 0) is 36.4 Å². The molecule has 1 aliphatic rings. The molecule has 4 rings (SSSR count). The van der Waals surface area contributed by atoms with Crippen molar-refractivity contribution in [3.05, 3.63) is 60.2 Å². The van der Waals surface area contributed by atoms with Crippen LogP contribution >= 0.6 is 0 Å². The second-order valence-electron chi connectivity index (χ2n) is 6.27. The standard InChI is InChI=1S/C19H16F2N6O2/c20-18(21)29-12-3-1-11(2-4-12)14-6-5-13(22)17(25-14)26-19(28)27-9-15-16(10-27)24-8-7-23-15/h1-8,18H,9-10,22H2,(H,25,26,28). The van der Waals surface area contributed by atoms with Gasteiger partial charge < -0.3 is 15.4 Å². The summed E-state index contributed by atoms with van der Waals surface area (Å²) in [4.78, 5) is 27.0. The van der Waals surface area contributed by atoms with Gasteiger partial charge in [-0.1, -0.05) is 0 Å². The van der Waals surface area contributed by atoms with E-state index in [-0.39, 0.29) is 17.6 Å². The Morgan fingerprint density at radius 1 is 1.07 bits per heavy atom. The molecule has 0 atom stereocenters. The fraction of sp³-hybridized carbons (Fsp3) is 0.158. The van der Waals surface area contributed by atoms with Crippen molar-refractivity contribution in [3.8, 4) is 17.0 Å². The first-order valence-electron chi connectivity index (χ1n) is 8.66. The number of ether oxygens (including phenoxy) is 1. The van der Waals surface area contributed by atoms with Crippen LogP contribution in [0.3, 0.4) is 0 Å². The highest BCUT2D eigenvalue weighted by Crippen LogP contribution is 2.26. The molecular formula is C19H16F2N6O2. The molecule has 148 valence electrons. The van der Waals surface area contributed by atoms with Gasteiger partial charge in [0.1, 0.15) is 5.75 Å². The van der Waals surface area contributed by atoms with Crippen LogP contribution in [0.1, 0.15) is 11.4 Å². The Balaban J connectivity index is 1.49. The minimum absolute atomic E-state index is 0.0449. The number of benzene rings is 1. The number of nitrogens with two attached hydrogens (primary N) is 1. The number of hydrogen-bond donors (Lipinski definition) is 2. The van der Waals surface area contributed by atoms with E-state index in [1.807, 2.05) is 0 Å². The van der Waals surface area contributed by atoms with Crippen LogP contribution in [0.15, 0.2) is 48.8 Å². The molecule has 0 saturated carbocycles. The number of rotatable bonds is 4. The summed E-state index contributed by atoms with van der Waals surface area (Å²) < 4.78 is 28.9. The number of hydrogen-bond acceptors (Lipinski definition) is 6. The van der Waals surface area contributed by atoms with Crippen molar-refractivity contribution in [2.45, 2.75) is 19.7 Å². The Bertz CT molecular complexity index is 1020. The second-order valence-corrected chi connectivity index (χ2v) is 6.27. The molecule has 3 N–H and O–H groups in total. The fourth-order valence-electron chi connectivity index (χ4n) is 2.94. The SMILES string of the molecule is Nc1ccc(-c2ccc(OC(F)F)cc2)nc1NC(=O)N1Cc2nccnc2C1. The van der Waals surface area contributed by atoms with Crippen LogP contribution in [-0.2, 0) is 13.1 Å². The normalized spacial score (nSPS) is 12.7. The van der Waals surface area contributed by atoms with Crippen molar-refractivity contribution in [3.63, 3.8) is 0 Å². The van der Waals surface area contributed by atoms with Gasteiger partial charge in [-0.25, -0.2) is 9.78 Å². The molecular weight excluding hydrogens is 382 g/mol. The largest absolute Gasteiger partial charge is 0.435 e. The molecule has 1 aliphatic heterocycles. The van der Waals surface area contributed by atoms with Crippen molar-refractivity contribution in [1.29, 1.82) is 0 Å². The molecule has 3 heterocycles. The first kappa shape index (κ1) is 18.5. The number of nitrogens with one attached hydrogen (secondary N) is 1. The van der Waals surface area contributed by atoms with Gasteiger partial charge in [0.05, 0.1) is 35.9 Å². The maximum Gasteiger partial charge on any atom is 0.387 e. The highest BCUT2D eigenvalue weighted by Gasteiger charge is 2.26. The number of fused-ring (bicyclic) bond motifs is 1. The van der Waals surface area contributed by atoms with Crippen LogP contribution in [0.2, 0.25) is 0 Å². The molecule has 8 nitrogen and oxygen atoms in total. The lowest BCUT2D eigenvalue weighted by molar-refractivity contribution is -0.0498. The van der Waals surface area contributed by atoms with Crippen molar-refractivity contribution in [1.82, 2.24) is 19.9 Å². The average molecular weight is 398 g/mol. The van der Waals surface area contributed by atoms with E-state index in [0.29, 0.717) is 30.0 Å². The Morgan fingerprint density at radius 3 is 2.34 bits per heavy atom. The van der Waals surface area contributed by atoms with E-state index >= 15 is 0 Å². The molecule has 0 fully saturated rings. The summed E-state index contributed by atoms with van der Waals surface area (Å²) in [6.07, 6.45) is 3.17. The van der Waals surface area contributed by atoms with Crippen LogP contribution in [0.4, 0.5) is 25.1 Å². The Morgan fingerprint density at radius 2 is 1.72 bits per heavy atom. The first-order valence-corrected chi connectivity index (χ1v) is 8.66. The van der Waals surface area contributed by atoms with Crippen LogP contribution in [0.5, 0.6) is 5.75 Å². The van der Waals surface area contributed by atoms with Crippen molar-refractivity contribution in [2.75, 3.05) is 11.1 Å². The maximum atomic E-state index is 12.6. The van der Waals surface area contributed by atoms with Crippen LogP contribution in [-0.4, -0.2) is 32.5 Å². The van der Waals surface area contributed by atoms with E-state index in [0.717, 1.165) is 11.4 Å². The first-order chi connectivity index (χ1) is 14.0. The van der Waals surface area contributed by atoms with Gasteiger partial charge >= 0.3 is 12.6 Å². The summed E-state index contributed by atoms with van der Waals surface area (Å²) in [5, 5.41) is 2.71. The molecule has 0 spiro atoms. The van der Waals surface area contributed by atoms with Crippen molar-refractivity contribution < 1.29 is 18.3 Å². The highest BCUT2D eigenvalue weighted by molar-refractivity contribution is 5.92. The van der Waals surface area contributed by atoms with Crippen molar-refractivity contribution >= 4 is 17.5 Å². The van der Waals surface area contributed by atoms with E-state index in [1.165, 1.54) is 12.1 Å². The lowest BCUT2D eigenvalue weighted by Crippen LogP contribution is -2.31. The molecule has 2 amide bonds. The van der Waals surface area contributed by atoms with E-state index < -0.39 is 6.61 Å². The predicted molar refractivity (Wildman–Crippen MR) is 101 cm³/mol. The Hall–Kier alpha value is -3.82. The third kappa shape index (κ3) is 4.05. The van der Waals surface area contributed by atoms with E-state index in [4.69, 9.17) is 5.73 Å². The zero-order valence-electron chi connectivity index (χ0n) is 15.0. The molecule has 0 bridgehead atoms. The minimum Gasteiger partial charge on any atom is -0.435 e. The number of urea groups is 1. The average Bonchev–Trinajstić information content (AvgIpc) is 3.14. The molecule has 1 aromatic carbocycles. The molecule has 0 unspecified atom stereocenters. The van der Waals surface area contributed by atoms with Gasteiger partial charge in [-0.15, -0.1) is 0 Å². The summed E-state index contributed by atoms with van der Waals surface area (Å²) in [6, 6.07) is 8.93. The number of nitrogen functional groups attached to an aromatic ring is 1. The molecule has 3 aromatic rings.